The van der Waals surface area contributed by atoms with Crippen molar-refractivity contribution in [1.82, 2.24) is 0 Å². The molecule has 0 N–H and O–H groups in total. The number of rotatable bonds is 1. The van der Waals surface area contributed by atoms with Gasteiger partial charge in [-0.1, -0.05) is 45.5 Å². The zero-order valence-electron chi connectivity index (χ0n) is 14.9. The van der Waals surface area contributed by atoms with Gasteiger partial charge in [0.05, 0.1) is 0 Å². The summed E-state index contributed by atoms with van der Waals surface area (Å²) in [5.41, 5.74) is 6.60. The summed E-state index contributed by atoms with van der Waals surface area (Å²) in [6, 6.07) is 6.52. The summed E-state index contributed by atoms with van der Waals surface area (Å²) in [5, 5.41) is 0. The number of hydrogen-bond donors (Lipinski definition) is 0. The normalized spacial score (nSPS) is 17.1. The fraction of sp³-hybridized carbons (Fsp3) is 0.526. The third-order valence-electron chi connectivity index (χ3n) is 3.95. The maximum Gasteiger partial charge on any atom is 0.228 e. The predicted molar refractivity (Wildman–Crippen MR) is 96.9 cm³/mol. The Morgan fingerprint density at radius 3 is 2.41 bits per heavy atom. The van der Waals surface area contributed by atoms with Crippen LogP contribution < -0.4 is 4.90 Å². The lowest BCUT2D eigenvalue weighted by atomic mass is 9.76. The van der Waals surface area contributed by atoms with Gasteiger partial charge >= 0.3 is 0 Å². The number of carbonyl (C=O) groups is 1. The van der Waals surface area contributed by atoms with E-state index >= 15 is 0 Å². The first kappa shape index (κ1) is 16.8. The van der Waals surface area contributed by atoms with E-state index in [0.29, 0.717) is 6.42 Å². The second-order valence-electron chi connectivity index (χ2n) is 8.15. The summed E-state index contributed by atoms with van der Waals surface area (Å²) in [6.45, 7) is 15.2. The average Bonchev–Trinajstić information content (AvgIpc) is 2.33. The Bertz CT molecular complexity index is 656. The number of nitrogens with zero attached hydrogens (tertiary/aromatic N) is 1. The Labute approximate surface area is 135 Å². The van der Waals surface area contributed by atoms with E-state index in [4.69, 9.17) is 0 Å². The Kier molecular flexibility index (Phi) is 4.28. The van der Waals surface area contributed by atoms with Gasteiger partial charge in [0.15, 0.2) is 0 Å². The molecule has 0 fully saturated rings. The molecule has 0 atom stereocenters. The van der Waals surface area contributed by atoms with E-state index in [0.717, 1.165) is 11.3 Å². The molecule has 0 radical (unpaired) electrons. The van der Waals surface area contributed by atoms with Gasteiger partial charge in [-0.3, -0.25) is 4.79 Å². The molecule has 118 valence electrons. The molecular formula is C19H27NOSi. The molecule has 1 aliphatic heterocycles. The van der Waals surface area contributed by atoms with Crippen LogP contribution in [0, 0.1) is 11.5 Å². The van der Waals surface area contributed by atoms with Crippen molar-refractivity contribution >= 4 is 19.7 Å². The van der Waals surface area contributed by atoms with Gasteiger partial charge < -0.3 is 4.90 Å². The molecule has 3 heteroatoms. The number of amides is 1. The number of benzene rings is 1. The summed E-state index contributed by atoms with van der Waals surface area (Å²) in [5.74, 6) is 3.52. The van der Waals surface area contributed by atoms with Gasteiger partial charge in [0.2, 0.25) is 5.91 Å². The molecule has 0 aromatic heterocycles. The third-order valence-corrected chi connectivity index (χ3v) is 4.82. The fourth-order valence-electron chi connectivity index (χ4n) is 2.90. The minimum absolute atomic E-state index is 0.109. The van der Waals surface area contributed by atoms with Crippen molar-refractivity contribution in [2.45, 2.75) is 65.2 Å². The molecule has 1 aromatic rings. The van der Waals surface area contributed by atoms with Gasteiger partial charge in [-0.05, 0) is 31.5 Å². The molecule has 0 saturated carbocycles. The lowest BCUT2D eigenvalue weighted by Gasteiger charge is -2.40. The maximum atomic E-state index is 12.5. The largest absolute Gasteiger partial charge is 0.310 e. The Hall–Kier alpha value is -1.53. The minimum atomic E-state index is -1.40. The zero-order chi connectivity index (χ0) is 16.7. The van der Waals surface area contributed by atoms with Crippen LogP contribution in [0.1, 0.15) is 45.2 Å². The van der Waals surface area contributed by atoms with Crippen molar-refractivity contribution in [2.75, 3.05) is 4.90 Å². The molecule has 1 amide bonds. The topological polar surface area (TPSA) is 20.3 Å². The highest BCUT2D eigenvalue weighted by molar-refractivity contribution is 6.83. The molecule has 1 aliphatic rings. The average molecular weight is 314 g/mol. The molecule has 0 aliphatic carbocycles. The van der Waals surface area contributed by atoms with Crippen LogP contribution >= 0.6 is 0 Å². The standard InChI is InChI=1S/C19H27NOSi/c1-14(2)20-17-12-15(10-11-22(5,6)7)8-9-16(17)19(3,4)13-18(20)21/h8-9,12,14H,13H2,1-7H3. The van der Waals surface area contributed by atoms with Crippen LogP contribution in [0.15, 0.2) is 18.2 Å². The first-order valence-electron chi connectivity index (χ1n) is 8.01. The summed E-state index contributed by atoms with van der Waals surface area (Å²) in [6.07, 6.45) is 0.568. The quantitative estimate of drug-likeness (QED) is 0.558. The highest BCUT2D eigenvalue weighted by Crippen LogP contribution is 2.41. The van der Waals surface area contributed by atoms with Crippen molar-refractivity contribution in [2.24, 2.45) is 0 Å². The Balaban J connectivity index is 2.56. The van der Waals surface area contributed by atoms with Crippen molar-refractivity contribution in [3.05, 3.63) is 29.3 Å². The van der Waals surface area contributed by atoms with E-state index < -0.39 is 8.07 Å². The highest BCUT2D eigenvalue weighted by Gasteiger charge is 2.37. The van der Waals surface area contributed by atoms with Crippen molar-refractivity contribution in [3.8, 4) is 11.5 Å². The number of carbonyl (C=O) groups excluding carboxylic acids is 1. The van der Waals surface area contributed by atoms with Gasteiger partial charge in [-0.15, -0.1) is 5.54 Å². The summed E-state index contributed by atoms with van der Waals surface area (Å²) in [4.78, 5) is 14.5. The van der Waals surface area contributed by atoms with Gasteiger partial charge in [-0.2, -0.15) is 0 Å². The Morgan fingerprint density at radius 2 is 1.86 bits per heavy atom. The van der Waals surface area contributed by atoms with E-state index in [1.807, 2.05) is 4.90 Å². The monoisotopic (exact) mass is 313 g/mol. The SMILES string of the molecule is CC(C)N1C(=O)CC(C)(C)c2ccc(C#C[Si](C)(C)C)cc21. The van der Waals surface area contributed by atoms with Crippen LogP contribution in [0.2, 0.25) is 19.6 Å². The molecule has 22 heavy (non-hydrogen) atoms. The summed E-state index contributed by atoms with van der Waals surface area (Å²) >= 11 is 0. The molecule has 0 saturated heterocycles. The molecule has 1 heterocycles. The van der Waals surface area contributed by atoms with Crippen LogP contribution in [-0.2, 0) is 10.2 Å². The Morgan fingerprint density at radius 1 is 1.23 bits per heavy atom. The van der Waals surface area contributed by atoms with Gasteiger partial charge in [0.25, 0.3) is 0 Å². The minimum Gasteiger partial charge on any atom is -0.310 e. The summed E-state index contributed by atoms with van der Waals surface area (Å²) < 4.78 is 0. The smallest absolute Gasteiger partial charge is 0.228 e. The van der Waals surface area contributed by atoms with Crippen molar-refractivity contribution in [1.29, 1.82) is 0 Å². The van der Waals surface area contributed by atoms with E-state index in [-0.39, 0.29) is 17.4 Å². The van der Waals surface area contributed by atoms with Crippen LogP contribution in [0.25, 0.3) is 0 Å². The third kappa shape index (κ3) is 3.44. The zero-order valence-corrected chi connectivity index (χ0v) is 15.9. The van der Waals surface area contributed by atoms with E-state index in [2.05, 4.69) is 77.0 Å². The molecule has 1 aromatic carbocycles. The maximum absolute atomic E-state index is 12.5. The number of fused-ring (bicyclic) bond motifs is 1. The van der Waals surface area contributed by atoms with E-state index in [1.54, 1.807) is 0 Å². The molecule has 0 unspecified atom stereocenters. The fourth-order valence-corrected chi connectivity index (χ4v) is 3.42. The molecular weight excluding hydrogens is 286 g/mol. The van der Waals surface area contributed by atoms with E-state index in [9.17, 15) is 4.79 Å². The van der Waals surface area contributed by atoms with Crippen molar-refractivity contribution in [3.63, 3.8) is 0 Å². The second kappa shape index (κ2) is 5.59. The molecule has 0 spiro atoms. The first-order valence-corrected chi connectivity index (χ1v) is 11.5. The molecule has 0 bridgehead atoms. The van der Waals surface area contributed by atoms with Gasteiger partial charge in [0.1, 0.15) is 8.07 Å². The van der Waals surface area contributed by atoms with E-state index in [1.165, 1.54) is 5.56 Å². The lowest BCUT2D eigenvalue weighted by molar-refractivity contribution is -0.120. The first-order chi connectivity index (χ1) is 10.0. The van der Waals surface area contributed by atoms with Crippen molar-refractivity contribution < 1.29 is 4.79 Å². The number of hydrogen-bond acceptors (Lipinski definition) is 1. The van der Waals surface area contributed by atoms with Gasteiger partial charge in [-0.25, -0.2) is 0 Å². The predicted octanol–water partition coefficient (Wildman–Crippen LogP) is 4.34. The lowest BCUT2D eigenvalue weighted by Crippen LogP contribution is -2.45. The second-order valence-corrected chi connectivity index (χ2v) is 12.9. The molecule has 2 rings (SSSR count). The number of anilines is 1. The van der Waals surface area contributed by atoms with Crippen LogP contribution in [0.3, 0.4) is 0 Å². The highest BCUT2D eigenvalue weighted by atomic mass is 28.3. The van der Waals surface area contributed by atoms with Crippen LogP contribution in [0.5, 0.6) is 0 Å². The molecule has 2 nitrogen and oxygen atoms in total. The van der Waals surface area contributed by atoms with Gasteiger partial charge in [0, 0.05) is 29.1 Å². The summed E-state index contributed by atoms with van der Waals surface area (Å²) in [7, 11) is -1.40. The van der Waals surface area contributed by atoms with Crippen LogP contribution in [0.4, 0.5) is 5.69 Å². The van der Waals surface area contributed by atoms with Crippen LogP contribution in [-0.4, -0.2) is 20.0 Å².